The van der Waals surface area contributed by atoms with Gasteiger partial charge in [0.2, 0.25) is 5.91 Å². The number of hydrogen-bond acceptors (Lipinski definition) is 4. The van der Waals surface area contributed by atoms with Gasteiger partial charge in [-0.3, -0.25) is 4.79 Å². The molecule has 2 atom stereocenters. The zero-order chi connectivity index (χ0) is 16.9. The van der Waals surface area contributed by atoms with E-state index in [1.165, 1.54) is 19.3 Å². The van der Waals surface area contributed by atoms with Crippen LogP contribution in [0.25, 0.3) is 0 Å². The number of nitrogens with two attached hydrogens (primary N) is 1. The molecule has 5 nitrogen and oxygen atoms in total. The molecule has 0 saturated heterocycles. The summed E-state index contributed by atoms with van der Waals surface area (Å²) in [5.41, 5.74) is 7.25. The summed E-state index contributed by atoms with van der Waals surface area (Å²) in [5.74, 6) is 1.96. The largest absolute Gasteiger partial charge is 0.491 e. The van der Waals surface area contributed by atoms with Crippen LogP contribution < -0.4 is 15.8 Å². The molecular weight excluding hydrogens is 340 g/mol. The van der Waals surface area contributed by atoms with Gasteiger partial charge in [-0.2, -0.15) is 0 Å². The molecule has 0 spiro atoms. The molecule has 4 N–H and O–H groups in total. The Bertz CT molecular complexity index is 555. The van der Waals surface area contributed by atoms with Gasteiger partial charge in [0, 0.05) is 24.1 Å². The summed E-state index contributed by atoms with van der Waals surface area (Å²) in [5, 5.41) is 12.0. The van der Waals surface area contributed by atoms with Crippen molar-refractivity contribution in [1.29, 1.82) is 0 Å². The molecular formula is C19H29ClN2O3. The van der Waals surface area contributed by atoms with Crippen molar-refractivity contribution in [2.75, 3.05) is 13.2 Å². The second-order valence-electron chi connectivity index (χ2n) is 7.09. The van der Waals surface area contributed by atoms with Gasteiger partial charge in [-0.15, -0.1) is 12.4 Å². The zero-order valence-electron chi connectivity index (χ0n) is 14.5. The first-order valence-electron chi connectivity index (χ1n) is 9.04. The molecule has 0 aromatic heterocycles. The number of carbonyl (C=O) groups excluding carboxylic acids is 1. The summed E-state index contributed by atoms with van der Waals surface area (Å²) in [6.07, 6.45) is 5.43. The van der Waals surface area contributed by atoms with Crippen molar-refractivity contribution in [3.63, 3.8) is 0 Å². The monoisotopic (exact) mass is 368 g/mol. The predicted octanol–water partition coefficient (Wildman–Crippen LogP) is 2.25. The molecule has 2 saturated carbocycles. The van der Waals surface area contributed by atoms with E-state index in [2.05, 4.69) is 5.32 Å². The Morgan fingerprint density at radius 2 is 1.92 bits per heavy atom. The molecule has 1 amide bonds. The molecule has 2 unspecified atom stereocenters. The van der Waals surface area contributed by atoms with Gasteiger partial charge < -0.3 is 20.9 Å². The number of hydrogen-bond donors (Lipinski definition) is 3. The van der Waals surface area contributed by atoms with Crippen molar-refractivity contribution in [2.45, 2.75) is 44.7 Å². The van der Waals surface area contributed by atoms with Gasteiger partial charge in [0.1, 0.15) is 12.4 Å². The maximum Gasteiger partial charge on any atom is 0.223 e. The first kappa shape index (κ1) is 20.0. The summed E-state index contributed by atoms with van der Waals surface area (Å²) in [6.45, 7) is 0.693. The van der Waals surface area contributed by atoms with Crippen molar-refractivity contribution in [3.8, 4) is 5.75 Å². The summed E-state index contributed by atoms with van der Waals surface area (Å²) in [7, 11) is 0. The molecule has 2 fully saturated rings. The van der Waals surface area contributed by atoms with Crippen LogP contribution in [0.2, 0.25) is 0 Å². The number of para-hydroxylation sites is 1. The quantitative estimate of drug-likeness (QED) is 0.719. The highest BCUT2D eigenvalue weighted by molar-refractivity contribution is 5.85. The fourth-order valence-electron chi connectivity index (χ4n) is 4.28. The van der Waals surface area contributed by atoms with Crippen molar-refractivity contribution in [2.24, 2.45) is 23.5 Å². The molecule has 25 heavy (non-hydrogen) atoms. The molecule has 0 radical (unpaired) electrons. The summed E-state index contributed by atoms with van der Waals surface area (Å²) >= 11 is 0. The molecule has 2 aliphatic carbocycles. The third kappa shape index (κ3) is 4.87. The third-order valence-electron chi connectivity index (χ3n) is 5.56. The van der Waals surface area contributed by atoms with Gasteiger partial charge in [-0.05, 0) is 43.6 Å². The van der Waals surface area contributed by atoms with E-state index in [1.807, 2.05) is 24.3 Å². The fraction of sp³-hybridized carbons (Fsp3) is 0.632. The van der Waals surface area contributed by atoms with Gasteiger partial charge in [0.25, 0.3) is 0 Å². The molecule has 1 aromatic carbocycles. The normalized spacial score (nSPS) is 27.9. The van der Waals surface area contributed by atoms with Crippen LogP contribution in [0.5, 0.6) is 5.75 Å². The lowest BCUT2D eigenvalue weighted by molar-refractivity contribution is -0.128. The highest BCUT2D eigenvalue weighted by Crippen LogP contribution is 2.41. The maximum absolute atomic E-state index is 12.6. The fourth-order valence-corrected chi connectivity index (χ4v) is 4.28. The molecule has 140 valence electrons. The van der Waals surface area contributed by atoms with Crippen molar-refractivity contribution >= 4 is 18.3 Å². The second kappa shape index (κ2) is 9.41. The van der Waals surface area contributed by atoms with Crippen LogP contribution in [-0.4, -0.2) is 30.3 Å². The Morgan fingerprint density at radius 3 is 2.60 bits per heavy atom. The van der Waals surface area contributed by atoms with Crippen molar-refractivity contribution in [1.82, 2.24) is 5.32 Å². The number of ether oxygens (including phenoxy) is 1. The minimum Gasteiger partial charge on any atom is -0.491 e. The molecule has 1 aromatic rings. The standard InChI is InChI=1S/C19H28N2O3.ClH/c20-18-13-5-3-6-14(18)11-16(10-13)19(23)21-12-15-4-1-2-7-17(15)24-9-8-22;/h1-2,4,7,13-14,16,18,22H,3,5-6,8-12,20H2,(H,21,23);1H. The van der Waals surface area contributed by atoms with Crippen LogP contribution >= 0.6 is 12.4 Å². The van der Waals surface area contributed by atoms with Gasteiger partial charge >= 0.3 is 0 Å². The first-order valence-corrected chi connectivity index (χ1v) is 9.04. The molecule has 3 rings (SSSR count). The Balaban J connectivity index is 0.00000225. The van der Waals surface area contributed by atoms with Gasteiger partial charge in [0.15, 0.2) is 0 Å². The minimum absolute atomic E-state index is 0. The Kier molecular flexibility index (Phi) is 7.54. The molecule has 0 aliphatic heterocycles. The van der Waals surface area contributed by atoms with E-state index in [1.54, 1.807) is 0 Å². The van der Waals surface area contributed by atoms with Gasteiger partial charge in [0.05, 0.1) is 6.61 Å². The predicted molar refractivity (Wildman–Crippen MR) is 99.6 cm³/mol. The average Bonchev–Trinajstić information content (AvgIpc) is 2.58. The first-order chi connectivity index (χ1) is 11.7. The van der Waals surface area contributed by atoms with Crippen LogP contribution in [0, 0.1) is 17.8 Å². The van der Waals surface area contributed by atoms with E-state index < -0.39 is 0 Å². The zero-order valence-corrected chi connectivity index (χ0v) is 15.3. The Labute approximate surface area is 155 Å². The minimum atomic E-state index is -0.0220. The number of amides is 1. The number of fused-ring (bicyclic) bond motifs is 2. The van der Waals surface area contributed by atoms with Crippen LogP contribution in [-0.2, 0) is 11.3 Å². The SMILES string of the molecule is Cl.NC1C2CCCC1CC(C(=O)NCc1ccccc1OCCO)C2. The number of aliphatic hydroxyl groups excluding tert-OH is 1. The topological polar surface area (TPSA) is 84.6 Å². The summed E-state index contributed by atoms with van der Waals surface area (Å²) in [4.78, 5) is 12.6. The molecule has 2 bridgehead atoms. The Hall–Kier alpha value is -1.30. The van der Waals surface area contributed by atoms with E-state index in [4.69, 9.17) is 15.6 Å². The van der Waals surface area contributed by atoms with Crippen molar-refractivity contribution < 1.29 is 14.6 Å². The Morgan fingerprint density at radius 1 is 1.24 bits per heavy atom. The van der Waals surface area contributed by atoms with Crippen LogP contribution in [0.1, 0.15) is 37.7 Å². The van der Waals surface area contributed by atoms with E-state index in [0.717, 1.165) is 24.2 Å². The lowest BCUT2D eigenvalue weighted by Gasteiger charge is -2.43. The number of rotatable bonds is 6. The van der Waals surface area contributed by atoms with E-state index >= 15 is 0 Å². The maximum atomic E-state index is 12.6. The third-order valence-corrected chi connectivity index (χ3v) is 5.56. The van der Waals surface area contributed by atoms with Crippen LogP contribution in [0.4, 0.5) is 0 Å². The van der Waals surface area contributed by atoms with Crippen LogP contribution in [0.15, 0.2) is 24.3 Å². The van der Waals surface area contributed by atoms with Gasteiger partial charge in [-0.1, -0.05) is 24.6 Å². The van der Waals surface area contributed by atoms with Gasteiger partial charge in [-0.25, -0.2) is 0 Å². The highest BCUT2D eigenvalue weighted by Gasteiger charge is 2.40. The molecule has 2 aliphatic rings. The average molecular weight is 369 g/mol. The number of benzene rings is 1. The van der Waals surface area contributed by atoms with E-state index in [-0.39, 0.29) is 43.5 Å². The second-order valence-corrected chi connectivity index (χ2v) is 7.09. The number of halogens is 1. The van der Waals surface area contributed by atoms with Crippen LogP contribution in [0.3, 0.4) is 0 Å². The summed E-state index contributed by atoms with van der Waals surface area (Å²) in [6, 6.07) is 7.91. The lowest BCUT2D eigenvalue weighted by Crippen LogP contribution is -2.49. The van der Waals surface area contributed by atoms with E-state index in [9.17, 15) is 4.79 Å². The number of nitrogens with one attached hydrogen (secondary N) is 1. The smallest absolute Gasteiger partial charge is 0.223 e. The number of carbonyl (C=O) groups is 1. The number of aliphatic hydroxyl groups is 1. The summed E-state index contributed by atoms with van der Waals surface area (Å²) < 4.78 is 5.52. The van der Waals surface area contributed by atoms with Crippen molar-refractivity contribution in [3.05, 3.63) is 29.8 Å². The molecule has 0 heterocycles. The highest BCUT2D eigenvalue weighted by atomic mass is 35.5. The lowest BCUT2D eigenvalue weighted by atomic mass is 9.65. The molecule has 6 heteroatoms. The van der Waals surface area contributed by atoms with E-state index in [0.29, 0.717) is 18.4 Å².